The van der Waals surface area contributed by atoms with Crippen LogP contribution in [0.5, 0.6) is 5.75 Å². The van der Waals surface area contributed by atoms with Crippen molar-refractivity contribution in [3.8, 4) is 5.75 Å². The van der Waals surface area contributed by atoms with Gasteiger partial charge in [0.1, 0.15) is 5.75 Å². The molecule has 0 aliphatic rings. The first-order valence-corrected chi connectivity index (χ1v) is 7.58. The van der Waals surface area contributed by atoms with Crippen LogP contribution in [0, 0.1) is 0 Å². The topological polar surface area (TPSA) is 58.6 Å². The molecule has 0 unspecified atom stereocenters. The molecule has 0 atom stereocenters. The highest BCUT2D eigenvalue weighted by atomic mass is 79.9. The fourth-order valence-corrected chi connectivity index (χ4v) is 2.24. The molecule has 0 saturated heterocycles. The van der Waals surface area contributed by atoms with Crippen molar-refractivity contribution in [2.45, 2.75) is 19.9 Å². The number of halogens is 2. The van der Waals surface area contributed by atoms with E-state index in [-0.39, 0.29) is 31.0 Å². The Bertz CT molecular complexity index is 523. The molecule has 0 aliphatic heterocycles. The van der Waals surface area contributed by atoms with Crippen LogP contribution in [-0.4, -0.2) is 43.0 Å². The third-order valence-electron chi connectivity index (χ3n) is 2.50. The van der Waals surface area contributed by atoms with Crippen molar-refractivity contribution in [2.24, 2.45) is 0 Å². The molecule has 0 heterocycles. The number of nitrogens with zero attached hydrogens (tertiary/aromatic N) is 1. The van der Waals surface area contributed by atoms with Crippen LogP contribution in [0.15, 0.2) is 22.7 Å². The molecule has 2 amide bonds. The van der Waals surface area contributed by atoms with Gasteiger partial charge in [-0.1, -0.05) is 27.5 Å². The zero-order valence-electron chi connectivity index (χ0n) is 12.2. The number of likely N-dealkylation sites (N-methyl/N-ethyl adjacent to an activating group) is 1. The summed E-state index contributed by atoms with van der Waals surface area (Å²) in [4.78, 5) is 24.8. The Labute approximate surface area is 137 Å². The van der Waals surface area contributed by atoms with Gasteiger partial charge >= 0.3 is 0 Å². The zero-order chi connectivity index (χ0) is 16.0. The van der Waals surface area contributed by atoms with E-state index in [1.165, 1.54) is 4.90 Å². The third kappa shape index (κ3) is 6.35. The average Bonchev–Trinajstić information content (AvgIpc) is 2.36. The summed E-state index contributed by atoms with van der Waals surface area (Å²) < 4.78 is 6.19. The Hall–Kier alpha value is -1.27. The molecule has 1 rings (SSSR count). The van der Waals surface area contributed by atoms with Crippen molar-refractivity contribution in [1.82, 2.24) is 10.2 Å². The lowest BCUT2D eigenvalue weighted by Crippen LogP contribution is -2.42. The van der Waals surface area contributed by atoms with E-state index in [9.17, 15) is 9.59 Å². The fourth-order valence-electron chi connectivity index (χ4n) is 1.51. The molecule has 21 heavy (non-hydrogen) atoms. The van der Waals surface area contributed by atoms with Gasteiger partial charge in [-0.15, -0.1) is 0 Å². The number of hydrogen-bond donors (Lipinski definition) is 1. The molecule has 1 N–H and O–H groups in total. The molecule has 1 aromatic carbocycles. The maximum absolute atomic E-state index is 11.9. The first-order valence-electron chi connectivity index (χ1n) is 6.40. The first kappa shape index (κ1) is 17.8. The highest BCUT2D eigenvalue weighted by Gasteiger charge is 2.14. The maximum atomic E-state index is 11.9. The second-order valence-corrected chi connectivity index (χ2v) is 6.16. The van der Waals surface area contributed by atoms with Crippen LogP contribution in [0.1, 0.15) is 13.8 Å². The Morgan fingerprint density at radius 1 is 1.43 bits per heavy atom. The van der Waals surface area contributed by atoms with E-state index in [1.807, 2.05) is 13.8 Å². The van der Waals surface area contributed by atoms with Crippen LogP contribution in [0.25, 0.3) is 0 Å². The van der Waals surface area contributed by atoms with Crippen LogP contribution in [0.4, 0.5) is 0 Å². The maximum Gasteiger partial charge on any atom is 0.260 e. The lowest BCUT2D eigenvalue weighted by Gasteiger charge is -2.18. The van der Waals surface area contributed by atoms with Crippen LogP contribution >= 0.6 is 27.5 Å². The zero-order valence-corrected chi connectivity index (χ0v) is 14.5. The summed E-state index contributed by atoms with van der Waals surface area (Å²) in [5.74, 6) is -0.0799. The molecule has 5 nitrogen and oxygen atoms in total. The van der Waals surface area contributed by atoms with Gasteiger partial charge in [-0.2, -0.15) is 0 Å². The quantitative estimate of drug-likeness (QED) is 0.828. The predicted molar refractivity (Wildman–Crippen MR) is 85.6 cm³/mol. The molecule has 116 valence electrons. The fraction of sp³-hybridized carbons (Fsp3) is 0.429. The van der Waals surface area contributed by atoms with Gasteiger partial charge in [-0.3, -0.25) is 9.59 Å². The Kier molecular flexibility index (Phi) is 6.98. The number of hydrogen-bond acceptors (Lipinski definition) is 3. The van der Waals surface area contributed by atoms with Crippen LogP contribution in [0.3, 0.4) is 0 Å². The number of carbonyl (C=O) groups is 2. The SMILES string of the molecule is CC(C)NC(=O)CN(C)C(=O)COc1ccc(Br)cc1Cl. The van der Waals surface area contributed by atoms with Crippen molar-refractivity contribution < 1.29 is 14.3 Å². The lowest BCUT2D eigenvalue weighted by atomic mass is 10.3. The Balaban J connectivity index is 2.47. The van der Waals surface area contributed by atoms with Crippen molar-refractivity contribution in [3.63, 3.8) is 0 Å². The summed E-state index contributed by atoms with van der Waals surface area (Å²) in [6.07, 6.45) is 0. The van der Waals surface area contributed by atoms with Gasteiger partial charge in [0.2, 0.25) is 5.91 Å². The summed E-state index contributed by atoms with van der Waals surface area (Å²) in [6, 6.07) is 5.16. The average molecular weight is 378 g/mol. The highest BCUT2D eigenvalue weighted by Crippen LogP contribution is 2.27. The van der Waals surface area contributed by atoms with Gasteiger partial charge in [0.25, 0.3) is 5.91 Å². The summed E-state index contributed by atoms with van der Waals surface area (Å²) >= 11 is 9.28. The molecular formula is C14H18BrClN2O3. The highest BCUT2D eigenvalue weighted by molar-refractivity contribution is 9.10. The molecule has 0 fully saturated rings. The number of benzene rings is 1. The number of amides is 2. The van der Waals surface area contributed by atoms with Gasteiger partial charge in [0.15, 0.2) is 6.61 Å². The summed E-state index contributed by atoms with van der Waals surface area (Å²) in [5, 5.41) is 3.13. The molecule has 0 aliphatic carbocycles. The third-order valence-corrected chi connectivity index (χ3v) is 3.29. The largest absolute Gasteiger partial charge is 0.482 e. The van der Waals surface area contributed by atoms with E-state index in [1.54, 1.807) is 25.2 Å². The van der Waals surface area contributed by atoms with E-state index in [0.29, 0.717) is 10.8 Å². The van der Waals surface area contributed by atoms with Gasteiger partial charge < -0.3 is 15.0 Å². The van der Waals surface area contributed by atoms with Gasteiger partial charge in [-0.05, 0) is 32.0 Å². The standard InChI is InChI=1S/C14H18BrClN2O3/c1-9(2)17-13(19)7-18(3)14(20)8-21-12-5-4-10(15)6-11(12)16/h4-6,9H,7-8H2,1-3H3,(H,17,19). The minimum absolute atomic E-state index is 0.00551. The Morgan fingerprint density at radius 3 is 2.67 bits per heavy atom. The van der Waals surface area contributed by atoms with E-state index in [4.69, 9.17) is 16.3 Å². The van der Waals surface area contributed by atoms with Crippen molar-refractivity contribution >= 4 is 39.3 Å². The number of ether oxygens (including phenoxy) is 1. The number of rotatable bonds is 6. The molecule has 0 radical (unpaired) electrons. The normalized spacial score (nSPS) is 10.4. The van der Waals surface area contributed by atoms with Gasteiger partial charge in [0, 0.05) is 17.6 Å². The van der Waals surface area contributed by atoms with Crippen LogP contribution in [0.2, 0.25) is 5.02 Å². The summed E-state index contributed by atoms with van der Waals surface area (Å²) in [7, 11) is 1.55. The second-order valence-electron chi connectivity index (χ2n) is 4.84. The Morgan fingerprint density at radius 2 is 2.10 bits per heavy atom. The minimum Gasteiger partial charge on any atom is -0.482 e. The monoisotopic (exact) mass is 376 g/mol. The molecule has 0 aromatic heterocycles. The van der Waals surface area contributed by atoms with Crippen molar-refractivity contribution in [1.29, 1.82) is 0 Å². The van der Waals surface area contributed by atoms with E-state index in [2.05, 4.69) is 21.2 Å². The molecule has 1 aromatic rings. The van der Waals surface area contributed by atoms with Crippen molar-refractivity contribution in [3.05, 3.63) is 27.7 Å². The second kappa shape index (κ2) is 8.24. The molecule has 0 saturated carbocycles. The van der Waals surface area contributed by atoms with Crippen LogP contribution < -0.4 is 10.1 Å². The summed E-state index contributed by atoms with van der Waals surface area (Å²) in [6.45, 7) is 3.54. The molecular weight excluding hydrogens is 360 g/mol. The molecule has 0 bridgehead atoms. The number of nitrogens with one attached hydrogen (secondary N) is 1. The van der Waals surface area contributed by atoms with Gasteiger partial charge in [-0.25, -0.2) is 0 Å². The minimum atomic E-state index is -0.298. The molecule has 0 spiro atoms. The number of carbonyl (C=O) groups excluding carboxylic acids is 2. The van der Waals surface area contributed by atoms with E-state index >= 15 is 0 Å². The van der Waals surface area contributed by atoms with E-state index < -0.39 is 0 Å². The lowest BCUT2D eigenvalue weighted by molar-refractivity contribution is -0.136. The smallest absolute Gasteiger partial charge is 0.260 e. The summed E-state index contributed by atoms with van der Waals surface area (Å²) in [5.41, 5.74) is 0. The van der Waals surface area contributed by atoms with Crippen LogP contribution in [-0.2, 0) is 9.59 Å². The first-order chi connectivity index (χ1) is 9.79. The molecule has 7 heteroatoms. The van der Waals surface area contributed by atoms with Gasteiger partial charge in [0.05, 0.1) is 11.6 Å². The van der Waals surface area contributed by atoms with Crippen molar-refractivity contribution in [2.75, 3.05) is 20.2 Å². The van der Waals surface area contributed by atoms with E-state index in [0.717, 1.165) is 4.47 Å². The predicted octanol–water partition coefficient (Wildman–Crippen LogP) is 2.46.